The molecule has 110 valence electrons. The van der Waals surface area contributed by atoms with Crippen LogP contribution in [0.25, 0.3) is 0 Å². The van der Waals surface area contributed by atoms with E-state index in [0.717, 1.165) is 38.0 Å². The Morgan fingerprint density at radius 3 is 2.10 bits per heavy atom. The van der Waals surface area contributed by atoms with Gasteiger partial charge in [0.05, 0.1) is 5.60 Å². The van der Waals surface area contributed by atoms with Crippen molar-refractivity contribution in [1.29, 1.82) is 0 Å². The molecule has 0 radical (unpaired) electrons. The average Bonchev–Trinajstić information content (AvgIpc) is 2.85. The minimum Gasteiger partial charge on any atom is -0.389 e. The van der Waals surface area contributed by atoms with E-state index in [1.165, 1.54) is 18.7 Å². The van der Waals surface area contributed by atoms with E-state index in [-0.39, 0.29) is 0 Å². The van der Waals surface area contributed by atoms with Crippen LogP contribution in [0.2, 0.25) is 0 Å². The van der Waals surface area contributed by atoms with Crippen LogP contribution in [0.15, 0.2) is 30.3 Å². The van der Waals surface area contributed by atoms with E-state index in [9.17, 15) is 5.11 Å². The van der Waals surface area contributed by atoms with Crippen molar-refractivity contribution in [3.05, 3.63) is 35.9 Å². The van der Waals surface area contributed by atoms with Crippen molar-refractivity contribution >= 4 is 0 Å². The molecule has 2 atom stereocenters. The van der Waals surface area contributed by atoms with Gasteiger partial charge in [-0.15, -0.1) is 0 Å². The molecule has 1 N–H and O–H groups in total. The van der Waals surface area contributed by atoms with Gasteiger partial charge in [0, 0.05) is 39.3 Å². The molecule has 2 aliphatic rings. The predicted octanol–water partition coefficient (Wildman–Crippen LogP) is 1.82. The van der Waals surface area contributed by atoms with E-state index in [1.807, 2.05) is 13.8 Å². The zero-order valence-electron chi connectivity index (χ0n) is 12.6. The molecule has 3 heteroatoms. The Balaban J connectivity index is 1.51. The minimum atomic E-state index is -0.567. The lowest BCUT2D eigenvalue weighted by molar-refractivity contribution is 0.0403. The fourth-order valence-electron chi connectivity index (χ4n) is 3.83. The van der Waals surface area contributed by atoms with Crippen LogP contribution in [0.3, 0.4) is 0 Å². The van der Waals surface area contributed by atoms with Crippen LogP contribution in [0.1, 0.15) is 19.4 Å². The van der Waals surface area contributed by atoms with E-state index in [0.29, 0.717) is 0 Å². The molecule has 3 nitrogen and oxygen atoms in total. The third-order valence-corrected chi connectivity index (χ3v) is 4.50. The summed E-state index contributed by atoms with van der Waals surface area (Å²) in [6.07, 6.45) is 0. The standard InChI is InChI=1S/C17H26N2O/c1-17(2,20)13-19-11-15-9-18(10-16(15)12-19)8-14-6-4-3-5-7-14/h3-7,15-16,20H,8-13H2,1-2H3/t15-,16+. The highest BCUT2D eigenvalue weighted by molar-refractivity contribution is 5.15. The first kappa shape index (κ1) is 14.1. The molecule has 1 aromatic rings. The summed E-state index contributed by atoms with van der Waals surface area (Å²) < 4.78 is 0. The summed E-state index contributed by atoms with van der Waals surface area (Å²) in [5.41, 5.74) is 0.850. The summed E-state index contributed by atoms with van der Waals surface area (Å²) in [4.78, 5) is 5.03. The number of hydrogen-bond acceptors (Lipinski definition) is 3. The maximum Gasteiger partial charge on any atom is 0.0718 e. The Hall–Kier alpha value is -0.900. The van der Waals surface area contributed by atoms with Gasteiger partial charge in [-0.05, 0) is 31.2 Å². The molecule has 0 bridgehead atoms. The lowest BCUT2D eigenvalue weighted by atomic mass is 10.0. The third kappa shape index (κ3) is 3.40. The van der Waals surface area contributed by atoms with Crippen LogP contribution in [0, 0.1) is 11.8 Å². The van der Waals surface area contributed by atoms with Crippen LogP contribution in [0.5, 0.6) is 0 Å². The van der Waals surface area contributed by atoms with Crippen molar-refractivity contribution in [3.63, 3.8) is 0 Å². The Kier molecular flexibility index (Phi) is 3.85. The monoisotopic (exact) mass is 274 g/mol. The highest BCUT2D eigenvalue weighted by Crippen LogP contribution is 2.32. The first-order chi connectivity index (χ1) is 9.49. The van der Waals surface area contributed by atoms with Crippen LogP contribution in [-0.2, 0) is 6.54 Å². The Labute approximate surface area is 122 Å². The fourth-order valence-corrected chi connectivity index (χ4v) is 3.83. The second-order valence-corrected chi connectivity index (χ2v) is 7.21. The third-order valence-electron chi connectivity index (χ3n) is 4.50. The Morgan fingerprint density at radius 1 is 1.00 bits per heavy atom. The van der Waals surface area contributed by atoms with Crippen molar-refractivity contribution in [2.75, 3.05) is 32.7 Å². The Morgan fingerprint density at radius 2 is 1.55 bits per heavy atom. The minimum absolute atomic E-state index is 0.567. The van der Waals surface area contributed by atoms with Gasteiger partial charge in [-0.3, -0.25) is 9.80 Å². The molecule has 2 saturated heterocycles. The first-order valence-electron chi connectivity index (χ1n) is 7.71. The van der Waals surface area contributed by atoms with Crippen molar-refractivity contribution in [2.45, 2.75) is 26.0 Å². The molecule has 0 aliphatic carbocycles. The molecule has 2 heterocycles. The second kappa shape index (κ2) is 5.47. The molecule has 20 heavy (non-hydrogen) atoms. The van der Waals surface area contributed by atoms with E-state index in [2.05, 4.69) is 40.1 Å². The van der Waals surface area contributed by atoms with Crippen LogP contribution < -0.4 is 0 Å². The molecule has 0 aromatic heterocycles. The highest BCUT2D eigenvalue weighted by atomic mass is 16.3. The summed E-state index contributed by atoms with van der Waals surface area (Å²) in [5, 5.41) is 9.94. The summed E-state index contributed by atoms with van der Waals surface area (Å²) in [7, 11) is 0. The number of nitrogens with zero attached hydrogens (tertiary/aromatic N) is 2. The summed E-state index contributed by atoms with van der Waals surface area (Å²) in [5.74, 6) is 1.59. The van der Waals surface area contributed by atoms with Gasteiger partial charge in [0.15, 0.2) is 0 Å². The number of rotatable bonds is 4. The summed E-state index contributed by atoms with van der Waals surface area (Å²) in [6, 6.07) is 10.8. The van der Waals surface area contributed by atoms with Crippen molar-refractivity contribution in [1.82, 2.24) is 9.80 Å². The molecule has 3 rings (SSSR count). The number of β-amino-alcohol motifs (C(OH)–C–C–N with tert-alkyl or cyclic N) is 1. The zero-order valence-corrected chi connectivity index (χ0v) is 12.6. The van der Waals surface area contributed by atoms with E-state index in [4.69, 9.17) is 0 Å². The zero-order chi connectivity index (χ0) is 14.2. The van der Waals surface area contributed by atoms with E-state index in [1.54, 1.807) is 0 Å². The van der Waals surface area contributed by atoms with Gasteiger partial charge < -0.3 is 5.11 Å². The quantitative estimate of drug-likeness (QED) is 0.907. The predicted molar refractivity (Wildman–Crippen MR) is 81.4 cm³/mol. The van der Waals surface area contributed by atoms with Crippen LogP contribution in [0.4, 0.5) is 0 Å². The van der Waals surface area contributed by atoms with Gasteiger partial charge >= 0.3 is 0 Å². The molecule has 0 amide bonds. The van der Waals surface area contributed by atoms with Gasteiger partial charge in [0.25, 0.3) is 0 Å². The number of hydrogen-bond donors (Lipinski definition) is 1. The van der Waals surface area contributed by atoms with Crippen molar-refractivity contribution in [3.8, 4) is 0 Å². The van der Waals surface area contributed by atoms with Gasteiger partial charge in [0.1, 0.15) is 0 Å². The molecule has 0 spiro atoms. The topological polar surface area (TPSA) is 26.7 Å². The summed E-state index contributed by atoms with van der Waals surface area (Å²) >= 11 is 0. The molecule has 2 aliphatic heterocycles. The molecule has 1 aromatic carbocycles. The normalized spacial score (nSPS) is 27.9. The smallest absolute Gasteiger partial charge is 0.0718 e. The molecular formula is C17H26N2O. The molecular weight excluding hydrogens is 248 g/mol. The molecule has 0 saturated carbocycles. The number of benzene rings is 1. The fraction of sp³-hybridized carbons (Fsp3) is 0.647. The number of aliphatic hydroxyl groups is 1. The van der Waals surface area contributed by atoms with E-state index >= 15 is 0 Å². The SMILES string of the molecule is CC(C)(O)CN1C[C@H]2CN(Cc3ccccc3)C[C@H]2C1. The Bertz CT molecular complexity index is 426. The molecule has 2 fully saturated rings. The van der Waals surface area contributed by atoms with Crippen molar-refractivity contribution < 1.29 is 5.11 Å². The second-order valence-electron chi connectivity index (χ2n) is 7.21. The first-order valence-corrected chi connectivity index (χ1v) is 7.71. The van der Waals surface area contributed by atoms with Gasteiger partial charge in [-0.25, -0.2) is 0 Å². The van der Waals surface area contributed by atoms with Gasteiger partial charge in [0.2, 0.25) is 0 Å². The molecule has 0 unspecified atom stereocenters. The average molecular weight is 274 g/mol. The van der Waals surface area contributed by atoms with Gasteiger partial charge in [-0.2, -0.15) is 0 Å². The lowest BCUT2D eigenvalue weighted by Crippen LogP contribution is -2.39. The maximum absolute atomic E-state index is 9.94. The van der Waals surface area contributed by atoms with Gasteiger partial charge in [-0.1, -0.05) is 30.3 Å². The van der Waals surface area contributed by atoms with Crippen LogP contribution >= 0.6 is 0 Å². The van der Waals surface area contributed by atoms with E-state index < -0.39 is 5.60 Å². The lowest BCUT2D eigenvalue weighted by Gasteiger charge is -2.27. The highest BCUT2D eigenvalue weighted by Gasteiger charge is 2.40. The maximum atomic E-state index is 9.94. The summed E-state index contributed by atoms with van der Waals surface area (Å²) in [6.45, 7) is 10.4. The largest absolute Gasteiger partial charge is 0.389 e. The number of likely N-dealkylation sites (tertiary alicyclic amines) is 2. The van der Waals surface area contributed by atoms with Crippen molar-refractivity contribution in [2.24, 2.45) is 11.8 Å². The van der Waals surface area contributed by atoms with Crippen LogP contribution in [-0.4, -0.2) is 53.2 Å². The number of fused-ring (bicyclic) bond motifs is 1.